The fourth-order valence-corrected chi connectivity index (χ4v) is 3.92. The predicted octanol–water partition coefficient (Wildman–Crippen LogP) is -1.28. The molecule has 1 aromatic rings. The van der Waals surface area contributed by atoms with Crippen LogP contribution in [0.5, 0.6) is 5.75 Å². The molecule has 0 radical (unpaired) electrons. The van der Waals surface area contributed by atoms with Crippen LogP contribution in [0.3, 0.4) is 0 Å². The minimum absolute atomic E-state index is 0. The average Bonchev–Trinajstić information content (AvgIpc) is 2.96. The molecule has 1 aliphatic heterocycles. The van der Waals surface area contributed by atoms with Gasteiger partial charge in [-0.2, -0.15) is 0 Å². The topological polar surface area (TPSA) is 110 Å². The molecule has 5 N–H and O–H groups in total. The van der Waals surface area contributed by atoms with Crippen LogP contribution >= 0.6 is 0 Å². The van der Waals surface area contributed by atoms with Crippen molar-refractivity contribution in [2.75, 3.05) is 6.61 Å². The van der Waals surface area contributed by atoms with Gasteiger partial charge in [0.2, 0.25) is 0 Å². The quantitative estimate of drug-likeness (QED) is 0.347. The second-order valence-corrected chi connectivity index (χ2v) is 7.50. The minimum Gasteiger partial charge on any atom is -1.00 e. The Hall–Kier alpha value is -1.88. The van der Waals surface area contributed by atoms with Crippen LogP contribution in [0, 0.1) is 0 Å². The number of aliphatic hydroxyl groups is 4. The van der Waals surface area contributed by atoms with Gasteiger partial charge in [0.15, 0.2) is 0 Å². The molecule has 154 valence electrons. The maximum absolute atomic E-state index is 10.4. The summed E-state index contributed by atoms with van der Waals surface area (Å²) in [4.78, 5) is 0. The summed E-state index contributed by atoms with van der Waals surface area (Å²) in [7, 11) is 0. The van der Waals surface area contributed by atoms with E-state index in [4.69, 9.17) is 4.74 Å². The Morgan fingerprint density at radius 2 is 1.47 bits per heavy atom. The average molecular weight is 404 g/mol. The van der Waals surface area contributed by atoms with Crippen LogP contribution in [0.4, 0.5) is 0 Å². The van der Waals surface area contributed by atoms with Crippen LogP contribution in [0.1, 0.15) is 24.2 Å². The molecule has 0 saturated carbocycles. The Labute approximate surface area is 188 Å². The Kier molecular flexibility index (Phi) is 7.22. The normalized spacial score (nSPS) is 26.3. The number of phenolic OH excluding ortho intramolecular Hbond substituents is 1. The van der Waals surface area contributed by atoms with Gasteiger partial charge in [0, 0.05) is 5.56 Å². The predicted molar refractivity (Wildman–Crippen MR) is 108 cm³/mol. The summed E-state index contributed by atoms with van der Waals surface area (Å²) in [6.07, 6.45) is -5.84. The van der Waals surface area contributed by atoms with Crippen LogP contribution in [0.25, 0.3) is 11.1 Å². The van der Waals surface area contributed by atoms with Crippen molar-refractivity contribution >= 4 is 0 Å². The Balaban J connectivity index is 0.00000171. The zero-order valence-electron chi connectivity index (χ0n) is 17.7. The van der Waals surface area contributed by atoms with Gasteiger partial charge in [-0.15, -0.1) is 0 Å². The molecule has 7 heteroatoms. The summed E-state index contributed by atoms with van der Waals surface area (Å²) < 4.78 is 5.59. The van der Waals surface area contributed by atoms with Crippen molar-refractivity contribution in [3.63, 3.8) is 0 Å². The van der Waals surface area contributed by atoms with Crippen molar-refractivity contribution < 1.29 is 50.6 Å². The van der Waals surface area contributed by atoms with Crippen molar-refractivity contribution in [3.05, 3.63) is 77.4 Å². The second kappa shape index (κ2) is 9.50. The van der Waals surface area contributed by atoms with E-state index in [2.05, 4.69) is 24.3 Å². The fourth-order valence-electron chi connectivity index (χ4n) is 3.92. The van der Waals surface area contributed by atoms with Gasteiger partial charge in [0.05, 0.1) is 6.61 Å². The first-order valence-electron chi connectivity index (χ1n) is 9.58. The van der Waals surface area contributed by atoms with E-state index in [1.807, 2.05) is 18.2 Å². The van der Waals surface area contributed by atoms with Gasteiger partial charge in [-0.1, -0.05) is 48.5 Å². The fraction of sp³-hybridized carbons (Fsp3) is 0.304. The van der Waals surface area contributed by atoms with E-state index in [0.29, 0.717) is 12.0 Å². The molecule has 5 atom stereocenters. The minimum atomic E-state index is -1.49. The molecule has 1 fully saturated rings. The Morgan fingerprint density at radius 1 is 0.800 bits per heavy atom. The van der Waals surface area contributed by atoms with E-state index in [9.17, 15) is 25.5 Å². The molecule has 1 aromatic carbocycles. The summed E-state index contributed by atoms with van der Waals surface area (Å²) in [5, 5.41) is 50.1. The summed E-state index contributed by atoms with van der Waals surface area (Å²) in [6, 6.07) is 19.3. The van der Waals surface area contributed by atoms with Gasteiger partial charge < -0.3 is 31.7 Å². The molecule has 1 heterocycles. The molecule has 3 aliphatic rings. The number of hydrogen-bond donors (Lipinski definition) is 5. The van der Waals surface area contributed by atoms with E-state index in [-0.39, 0.29) is 26.0 Å². The molecule has 6 nitrogen and oxygen atoms in total. The number of phenols is 1. The molecule has 1 saturated heterocycles. The number of aromatic hydroxyl groups is 1. The molecule has 0 unspecified atom stereocenters. The largest absolute Gasteiger partial charge is 1.00 e. The van der Waals surface area contributed by atoms with E-state index >= 15 is 0 Å². The van der Waals surface area contributed by atoms with Crippen molar-refractivity contribution in [1.82, 2.24) is 0 Å². The van der Waals surface area contributed by atoms with E-state index in [0.717, 1.165) is 22.3 Å². The molecule has 2 aliphatic carbocycles. The van der Waals surface area contributed by atoms with Gasteiger partial charge in [-0.3, -0.25) is 0 Å². The van der Waals surface area contributed by atoms with Crippen LogP contribution in [0.2, 0.25) is 0 Å². The number of benzene rings is 1. The third-order valence-corrected chi connectivity index (χ3v) is 5.49. The van der Waals surface area contributed by atoms with Crippen LogP contribution in [-0.4, -0.2) is 56.6 Å². The standard InChI is InChI=1S/C23H24O6.Li.H/c24-12-19-20(26)21(27)22(28)23(29-19)17-11-13(6-7-18(17)25)8-14-9-15-4-2-1-3-5-16(15)10-14;;/h1-7,9-11,19-28H,8,12H2;;/q;+1;-1/t19-,20-,21+,22-,23+;;/m1../s1. The Bertz CT molecular complexity index is 938. The Morgan fingerprint density at radius 3 is 2.10 bits per heavy atom. The van der Waals surface area contributed by atoms with Gasteiger partial charge in [0.1, 0.15) is 36.3 Å². The number of fused-ring (bicyclic) bond motifs is 1. The van der Waals surface area contributed by atoms with Gasteiger partial charge in [-0.05, 0) is 40.8 Å². The first kappa shape index (κ1) is 22.8. The summed E-state index contributed by atoms with van der Waals surface area (Å²) in [5.74, 6) is -0.0854. The van der Waals surface area contributed by atoms with Crippen LogP contribution in [0.15, 0.2) is 60.7 Å². The summed E-state index contributed by atoms with van der Waals surface area (Å²) in [5.41, 5.74) is 4.59. The maximum atomic E-state index is 10.4. The van der Waals surface area contributed by atoms with Gasteiger partial charge in [0.25, 0.3) is 0 Å². The molecular formula is C23H25LiO6. The SMILES string of the molecule is OC[C@H]1O[C@@H](c2cc(Cc3cc4cccccc-4c3)ccc2O)[C@H](O)[C@@H](O)[C@@H]1O.[H-].[Li+]. The molecule has 30 heavy (non-hydrogen) atoms. The van der Waals surface area contributed by atoms with E-state index in [1.165, 1.54) is 6.07 Å². The molecule has 0 spiro atoms. The third kappa shape index (κ3) is 4.41. The van der Waals surface area contributed by atoms with Crippen molar-refractivity contribution in [1.29, 1.82) is 0 Å². The molecular weight excluding hydrogens is 379 g/mol. The third-order valence-electron chi connectivity index (χ3n) is 5.49. The first-order chi connectivity index (χ1) is 14.0. The van der Waals surface area contributed by atoms with Gasteiger partial charge >= 0.3 is 18.9 Å². The van der Waals surface area contributed by atoms with E-state index in [1.54, 1.807) is 12.1 Å². The van der Waals surface area contributed by atoms with Crippen molar-refractivity contribution in [2.45, 2.75) is 36.9 Å². The number of aliphatic hydroxyl groups excluding tert-OH is 4. The second-order valence-electron chi connectivity index (χ2n) is 7.50. The summed E-state index contributed by atoms with van der Waals surface area (Å²) in [6.45, 7) is -0.514. The smallest absolute Gasteiger partial charge is 1.00 e. The number of rotatable bonds is 4. The maximum Gasteiger partial charge on any atom is 1.00 e. The van der Waals surface area contributed by atoms with Crippen LogP contribution in [-0.2, 0) is 11.2 Å². The zero-order chi connectivity index (χ0) is 20.5. The van der Waals surface area contributed by atoms with E-state index < -0.39 is 37.1 Å². The molecule has 0 amide bonds. The number of ether oxygens (including phenoxy) is 1. The number of hydrogen-bond acceptors (Lipinski definition) is 6. The van der Waals surface area contributed by atoms with Crippen molar-refractivity contribution in [3.8, 4) is 16.9 Å². The molecule has 0 aromatic heterocycles. The first-order valence-corrected chi connectivity index (χ1v) is 9.58. The molecule has 0 bridgehead atoms. The monoisotopic (exact) mass is 404 g/mol. The zero-order valence-corrected chi connectivity index (χ0v) is 16.7. The summed E-state index contributed by atoms with van der Waals surface area (Å²) >= 11 is 0. The van der Waals surface area contributed by atoms with Gasteiger partial charge in [-0.25, -0.2) is 0 Å². The molecule has 4 rings (SSSR count). The van der Waals surface area contributed by atoms with Crippen LogP contribution < -0.4 is 18.9 Å². The van der Waals surface area contributed by atoms with Crippen molar-refractivity contribution in [2.24, 2.45) is 0 Å².